The Balaban J connectivity index is 2.25. The van der Waals surface area contributed by atoms with Crippen molar-refractivity contribution in [3.05, 3.63) is 18.2 Å². The molecule has 1 aromatic rings. The van der Waals surface area contributed by atoms with Crippen LogP contribution in [0.15, 0.2) is 28.1 Å². The van der Waals surface area contributed by atoms with Gasteiger partial charge in [0.1, 0.15) is 4.90 Å². The van der Waals surface area contributed by atoms with E-state index in [-0.39, 0.29) is 10.9 Å². The minimum Gasteiger partial charge on any atom is -0.385 e. The topological polar surface area (TPSA) is 83.0 Å². The third-order valence-electron chi connectivity index (χ3n) is 3.03. The smallest absolute Gasteiger partial charge is 0.266 e. The van der Waals surface area contributed by atoms with E-state index in [2.05, 4.69) is 15.0 Å². The number of methoxy groups -OCH3 is 1. The van der Waals surface area contributed by atoms with Crippen LogP contribution in [-0.4, -0.2) is 48.7 Å². The molecule has 2 rings (SSSR count). The van der Waals surface area contributed by atoms with Crippen LogP contribution in [0.4, 0.5) is 11.4 Å². The maximum Gasteiger partial charge on any atom is 0.266 e. The minimum absolute atomic E-state index is 0.226. The van der Waals surface area contributed by atoms with Crippen LogP contribution in [0.3, 0.4) is 0 Å². The van der Waals surface area contributed by atoms with Gasteiger partial charge in [-0.15, -0.1) is 0 Å². The number of nitrogens with one attached hydrogen (secondary N) is 2. The van der Waals surface area contributed by atoms with Gasteiger partial charge in [0.2, 0.25) is 5.96 Å². The van der Waals surface area contributed by atoms with Gasteiger partial charge >= 0.3 is 0 Å². The Morgan fingerprint density at radius 3 is 2.76 bits per heavy atom. The van der Waals surface area contributed by atoms with Crippen LogP contribution in [0, 0.1) is 0 Å². The molecule has 0 saturated heterocycles. The van der Waals surface area contributed by atoms with Crippen molar-refractivity contribution >= 4 is 27.4 Å². The molecule has 1 aliphatic heterocycles. The molecule has 0 radical (unpaired) electrons. The Morgan fingerprint density at radius 2 is 2.10 bits per heavy atom. The minimum atomic E-state index is -3.59. The van der Waals surface area contributed by atoms with Gasteiger partial charge < -0.3 is 15.0 Å². The number of benzene rings is 1. The predicted octanol–water partition coefficient (Wildman–Crippen LogP) is 0.849. The highest BCUT2D eigenvalue weighted by molar-refractivity contribution is 7.90. The summed E-state index contributed by atoms with van der Waals surface area (Å²) in [5.74, 6) is 0.246. The van der Waals surface area contributed by atoms with Crippen molar-refractivity contribution in [3.63, 3.8) is 0 Å². The van der Waals surface area contributed by atoms with Gasteiger partial charge in [-0.3, -0.25) is 4.99 Å². The SMILES string of the molecule is COCCCN=C1Nc2ccc(N(C)C)cc2S(=O)(=O)N1. The summed E-state index contributed by atoms with van der Waals surface area (Å²) in [7, 11) is 1.75. The van der Waals surface area contributed by atoms with E-state index in [1.54, 1.807) is 19.2 Å². The van der Waals surface area contributed by atoms with Gasteiger partial charge in [-0.25, -0.2) is 13.1 Å². The summed E-state index contributed by atoms with van der Waals surface area (Å²) in [5, 5.41) is 3.00. The molecule has 21 heavy (non-hydrogen) atoms. The highest BCUT2D eigenvalue weighted by Crippen LogP contribution is 2.28. The lowest BCUT2D eigenvalue weighted by Crippen LogP contribution is -2.41. The molecule has 0 aliphatic carbocycles. The molecule has 0 bridgehead atoms. The lowest BCUT2D eigenvalue weighted by molar-refractivity contribution is 0.197. The van der Waals surface area contributed by atoms with Crippen LogP contribution in [0.25, 0.3) is 0 Å². The summed E-state index contributed by atoms with van der Waals surface area (Å²) >= 11 is 0. The number of hydrogen-bond acceptors (Lipinski definition) is 5. The molecule has 1 heterocycles. The molecule has 0 aromatic heterocycles. The van der Waals surface area contributed by atoms with E-state index in [0.29, 0.717) is 18.8 Å². The van der Waals surface area contributed by atoms with Crippen molar-refractivity contribution in [1.82, 2.24) is 4.72 Å². The molecule has 0 spiro atoms. The first-order valence-corrected chi connectivity index (χ1v) is 8.07. The summed E-state index contributed by atoms with van der Waals surface area (Å²) in [4.78, 5) is 6.28. The van der Waals surface area contributed by atoms with Crippen LogP contribution < -0.4 is 14.9 Å². The van der Waals surface area contributed by atoms with E-state index in [4.69, 9.17) is 4.74 Å². The van der Waals surface area contributed by atoms with Gasteiger partial charge in [-0.2, -0.15) is 0 Å². The highest BCUT2D eigenvalue weighted by atomic mass is 32.2. The largest absolute Gasteiger partial charge is 0.385 e. The van der Waals surface area contributed by atoms with Crippen LogP contribution in [0.5, 0.6) is 0 Å². The zero-order chi connectivity index (χ0) is 15.5. The fourth-order valence-corrected chi connectivity index (χ4v) is 3.09. The number of aliphatic imine (C=N–C) groups is 1. The third-order valence-corrected chi connectivity index (χ3v) is 4.41. The molecule has 1 aromatic carbocycles. The standard InChI is InChI=1S/C13H20N4O3S/c1-17(2)10-5-6-11-12(9-10)21(18,19)16-13(15-11)14-7-4-8-20-3/h5-6,9H,4,7-8H2,1-3H3,(H2,14,15,16). The molecule has 8 heteroatoms. The molecule has 0 saturated carbocycles. The number of anilines is 2. The Labute approximate surface area is 125 Å². The number of guanidine groups is 1. The molecule has 0 atom stereocenters. The Bertz CT molecular complexity index is 641. The average Bonchev–Trinajstić information content (AvgIpc) is 2.42. The average molecular weight is 312 g/mol. The fraction of sp³-hybridized carbons (Fsp3) is 0.462. The second-order valence-corrected chi connectivity index (χ2v) is 6.53. The molecule has 0 fully saturated rings. The molecule has 7 nitrogen and oxygen atoms in total. The summed E-state index contributed by atoms with van der Waals surface area (Å²) < 4.78 is 31.9. The van der Waals surface area contributed by atoms with Crippen LogP contribution in [-0.2, 0) is 14.8 Å². The van der Waals surface area contributed by atoms with E-state index < -0.39 is 10.0 Å². The Morgan fingerprint density at radius 1 is 1.33 bits per heavy atom. The number of nitrogens with zero attached hydrogens (tertiary/aromatic N) is 2. The molecule has 116 valence electrons. The third kappa shape index (κ3) is 3.64. The van der Waals surface area contributed by atoms with Crippen molar-refractivity contribution in [2.45, 2.75) is 11.3 Å². The molecule has 0 unspecified atom stereocenters. The quantitative estimate of drug-likeness (QED) is 0.788. The second-order valence-electron chi connectivity index (χ2n) is 4.88. The highest BCUT2D eigenvalue weighted by Gasteiger charge is 2.26. The van der Waals surface area contributed by atoms with Crippen LogP contribution >= 0.6 is 0 Å². The van der Waals surface area contributed by atoms with Crippen LogP contribution in [0.2, 0.25) is 0 Å². The van der Waals surface area contributed by atoms with Gasteiger partial charge in [-0.05, 0) is 24.6 Å². The zero-order valence-corrected chi connectivity index (χ0v) is 13.2. The normalized spacial score (nSPS) is 17.8. The maximum atomic E-state index is 12.3. The molecule has 1 aliphatic rings. The van der Waals surface area contributed by atoms with Gasteiger partial charge in [0.05, 0.1) is 5.69 Å². The monoisotopic (exact) mass is 312 g/mol. The first-order valence-electron chi connectivity index (χ1n) is 6.58. The van der Waals surface area contributed by atoms with Gasteiger partial charge in [-0.1, -0.05) is 0 Å². The first kappa shape index (κ1) is 15.6. The number of hydrogen-bond donors (Lipinski definition) is 2. The zero-order valence-electron chi connectivity index (χ0n) is 12.4. The van der Waals surface area contributed by atoms with Gasteiger partial charge in [0, 0.05) is 40.0 Å². The molecule has 0 amide bonds. The number of sulfonamides is 1. The predicted molar refractivity (Wildman–Crippen MR) is 83.5 cm³/mol. The number of ether oxygens (including phenoxy) is 1. The lowest BCUT2D eigenvalue weighted by atomic mass is 10.2. The Hall–Kier alpha value is -1.80. The van der Waals surface area contributed by atoms with Crippen LogP contribution in [0.1, 0.15) is 6.42 Å². The fourth-order valence-electron chi connectivity index (χ4n) is 1.92. The summed E-state index contributed by atoms with van der Waals surface area (Å²) in [6, 6.07) is 5.23. The van der Waals surface area contributed by atoms with E-state index in [1.807, 2.05) is 25.1 Å². The van der Waals surface area contributed by atoms with Crippen molar-refractivity contribution in [2.75, 3.05) is 44.6 Å². The molecular weight excluding hydrogens is 292 g/mol. The summed E-state index contributed by atoms with van der Waals surface area (Å²) in [6.45, 7) is 1.08. The molecule has 2 N–H and O–H groups in total. The number of rotatable bonds is 5. The summed E-state index contributed by atoms with van der Waals surface area (Å²) in [5.41, 5.74) is 1.35. The lowest BCUT2D eigenvalue weighted by Gasteiger charge is -2.23. The van der Waals surface area contributed by atoms with E-state index in [9.17, 15) is 8.42 Å². The van der Waals surface area contributed by atoms with E-state index in [1.165, 1.54) is 0 Å². The van der Waals surface area contributed by atoms with Crippen molar-refractivity contribution < 1.29 is 13.2 Å². The summed E-state index contributed by atoms with van der Waals surface area (Å²) in [6.07, 6.45) is 0.732. The van der Waals surface area contributed by atoms with E-state index in [0.717, 1.165) is 12.1 Å². The maximum absolute atomic E-state index is 12.3. The van der Waals surface area contributed by atoms with E-state index >= 15 is 0 Å². The molecular formula is C13H20N4O3S. The van der Waals surface area contributed by atoms with Crippen molar-refractivity contribution in [2.24, 2.45) is 4.99 Å². The van der Waals surface area contributed by atoms with Gasteiger partial charge in [0.15, 0.2) is 0 Å². The second kappa shape index (κ2) is 6.31. The number of fused-ring (bicyclic) bond motifs is 1. The first-order chi connectivity index (χ1) is 9.94. The van der Waals surface area contributed by atoms with Crippen molar-refractivity contribution in [1.29, 1.82) is 0 Å². The van der Waals surface area contributed by atoms with Crippen molar-refractivity contribution in [3.8, 4) is 0 Å². The van der Waals surface area contributed by atoms with Gasteiger partial charge in [0.25, 0.3) is 10.0 Å². The Kier molecular flexibility index (Phi) is 4.69.